The fourth-order valence-corrected chi connectivity index (χ4v) is 2.36. The van der Waals surface area contributed by atoms with Crippen LogP contribution >= 0.6 is 15.9 Å². The smallest absolute Gasteiger partial charge is 0.306 e. The Morgan fingerprint density at radius 2 is 2.00 bits per heavy atom. The van der Waals surface area contributed by atoms with E-state index in [1.807, 2.05) is 0 Å². The van der Waals surface area contributed by atoms with E-state index in [4.69, 9.17) is 0 Å². The molecule has 1 aromatic rings. The number of urea groups is 1. The molecule has 1 aliphatic rings. The topological polar surface area (TPSA) is 49.4 Å². The molecule has 0 aliphatic carbocycles. The number of benzene rings is 1. The lowest BCUT2D eigenvalue weighted by atomic mass is 10.0. The lowest BCUT2D eigenvalue weighted by Crippen LogP contribution is -2.43. The molecule has 96 valence electrons. The molecule has 1 heterocycles. The van der Waals surface area contributed by atoms with Crippen molar-refractivity contribution in [2.45, 2.75) is 25.9 Å². The van der Waals surface area contributed by atoms with Crippen LogP contribution in [-0.4, -0.2) is 22.4 Å². The summed E-state index contributed by atoms with van der Waals surface area (Å²) in [5.41, 5.74) is -0.296. The summed E-state index contributed by atoms with van der Waals surface area (Å²) in [4.78, 5) is 24.6. The average Bonchev–Trinajstić information content (AvgIpc) is 2.40. The molecule has 1 aliphatic heterocycles. The normalized spacial score (nSPS) is 18.1. The quantitative estimate of drug-likeness (QED) is 0.852. The minimum Gasteiger partial charge on any atom is -0.306 e. The van der Waals surface area contributed by atoms with Gasteiger partial charge in [-0.25, -0.2) is 9.18 Å². The number of amides is 3. The van der Waals surface area contributed by atoms with E-state index in [9.17, 15) is 14.0 Å². The SMILES string of the molecule is CC1(C)C(=O)NC(=O)N1Cc1cc(F)cc(Br)c1. The van der Waals surface area contributed by atoms with Crippen molar-refractivity contribution in [3.8, 4) is 0 Å². The van der Waals surface area contributed by atoms with Gasteiger partial charge in [0, 0.05) is 11.0 Å². The van der Waals surface area contributed by atoms with Crippen LogP contribution in [0, 0.1) is 5.82 Å². The Morgan fingerprint density at radius 1 is 1.33 bits per heavy atom. The van der Waals surface area contributed by atoms with Gasteiger partial charge in [0.05, 0.1) is 0 Å². The van der Waals surface area contributed by atoms with Gasteiger partial charge in [-0.1, -0.05) is 15.9 Å². The van der Waals surface area contributed by atoms with E-state index in [2.05, 4.69) is 21.2 Å². The van der Waals surface area contributed by atoms with Gasteiger partial charge in [-0.2, -0.15) is 0 Å². The van der Waals surface area contributed by atoms with Gasteiger partial charge < -0.3 is 4.90 Å². The molecular weight excluding hydrogens is 303 g/mol. The first kappa shape index (κ1) is 13.0. The molecule has 0 saturated carbocycles. The lowest BCUT2D eigenvalue weighted by Gasteiger charge is -2.27. The second-order valence-electron chi connectivity index (χ2n) is 4.68. The Bertz CT molecular complexity index is 511. The Hall–Kier alpha value is -1.43. The fourth-order valence-electron chi connectivity index (χ4n) is 1.85. The van der Waals surface area contributed by atoms with E-state index in [0.717, 1.165) is 0 Å². The zero-order chi connectivity index (χ0) is 13.5. The highest BCUT2D eigenvalue weighted by Gasteiger charge is 2.45. The second kappa shape index (κ2) is 4.35. The van der Waals surface area contributed by atoms with E-state index in [1.165, 1.54) is 17.0 Å². The van der Waals surface area contributed by atoms with Crippen LogP contribution in [0.25, 0.3) is 0 Å². The predicted molar refractivity (Wildman–Crippen MR) is 67.3 cm³/mol. The highest BCUT2D eigenvalue weighted by Crippen LogP contribution is 2.25. The highest BCUT2D eigenvalue weighted by atomic mass is 79.9. The summed E-state index contributed by atoms with van der Waals surface area (Å²) in [6, 6.07) is 3.95. The van der Waals surface area contributed by atoms with Gasteiger partial charge in [-0.05, 0) is 37.6 Å². The number of carbonyl (C=O) groups is 2. The largest absolute Gasteiger partial charge is 0.325 e. The van der Waals surface area contributed by atoms with E-state index in [1.54, 1.807) is 19.9 Å². The molecule has 1 saturated heterocycles. The van der Waals surface area contributed by atoms with E-state index < -0.39 is 11.6 Å². The van der Waals surface area contributed by atoms with Crippen molar-refractivity contribution in [3.63, 3.8) is 0 Å². The number of nitrogens with one attached hydrogen (secondary N) is 1. The van der Waals surface area contributed by atoms with Gasteiger partial charge >= 0.3 is 6.03 Å². The van der Waals surface area contributed by atoms with Crippen LogP contribution in [0.1, 0.15) is 19.4 Å². The number of halogens is 2. The molecule has 3 amide bonds. The van der Waals surface area contributed by atoms with Gasteiger partial charge in [0.25, 0.3) is 5.91 Å². The summed E-state index contributed by atoms with van der Waals surface area (Å²) in [6.07, 6.45) is 0. The number of carbonyl (C=O) groups excluding carboxylic acids is 2. The monoisotopic (exact) mass is 314 g/mol. The van der Waals surface area contributed by atoms with Crippen molar-refractivity contribution in [2.24, 2.45) is 0 Å². The molecule has 4 nitrogen and oxygen atoms in total. The molecule has 1 N–H and O–H groups in total. The third-order valence-electron chi connectivity index (χ3n) is 2.96. The molecular formula is C12H12BrFN2O2. The molecule has 2 rings (SSSR count). The summed E-state index contributed by atoms with van der Waals surface area (Å²) in [6.45, 7) is 3.49. The molecule has 0 spiro atoms. The van der Waals surface area contributed by atoms with Crippen molar-refractivity contribution in [1.82, 2.24) is 10.2 Å². The Kier molecular flexibility index (Phi) is 3.14. The Morgan fingerprint density at radius 3 is 2.50 bits per heavy atom. The highest BCUT2D eigenvalue weighted by molar-refractivity contribution is 9.10. The van der Waals surface area contributed by atoms with Crippen LogP contribution in [0.2, 0.25) is 0 Å². The van der Waals surface area contributed by atoms with Gasteiger partial charge in [0.2, 0.25) is 0 Å². The van der Waals surface area contributed by atoms with Crippen molar-refractivity contribution in [1.29, 1.82) is 0 Å². The van der Waals surface area contributed by atoms with Gasteiger partial charge in [0.1, 0.15) is 11.4 Å². The zero-order valence-corrected chi connectivity index (χ0v) is 11.5. The molecule has 6 heteroatoms. The number of hydrogen-bond acceptors (Lipinski definition) is 2. The standard InChI is InChI=1S/C12H12BrFN2O2/c1-12(2)10(17)15-11(18)16(12)6-7-3-8(13)5-9(14)4-7/h3-5H,6H2,1-2H3,(H,15,17,18). The Balaban J connectivity index is 2.28. The van der Waals surface area contributed by atoms with Crippen LogP contribution < -0.4 is 5.32 Å². The molecule has 1 fully saturated rings. The van der Waals surface area contributed by atoms with Crippen LogP contribution in [0.15, 0.2) is 22.7 Å². The number of rotatable bonds is 2. The molecule has 0 atom stereocenters. The van der Waals surface area contributed by atoms with Gasteiger partial charge in [-0.3, -0.25) is 10.1 Å². The fraction of sp³-hybridized carbons (Fsp3) is 0.333. The molecule has 0 aromatic heterocycles. The summed E-state index contributed by atoms with van der Waals surface area (Å²) in [7, 11) is 0. The van der Waals surface area contributed by atoms with Gasteiger partial charge in [0.15, 0.2) is 0 Å². The average molecular weight is 315 g/mol. The van der Waals surface area contributed by atoms with Crippen molar-refractivity contribution in [3.05, 3.63) is 34.1 Å². The molecule has 0 radical (unpaired) electrons. The summed E-state index contributed by atoms with van der Waals surface area (Å²) < 4.78 is 13.9. The van der Waals surface area contributed by atoms with E-state index >= 15 is 0 Å². The molecule has 1 aromatic carbocycles. The molecule has 0 bridgehead atoms. The summed E-state index contributed by atoms with van der Waals surface area (Å²) >= 11 is 3.19. The first-order valence-corrected chi connectivity index (χ1v) is 6.18. The zero-order valence-electron chi connectivity index (χ0n) is 9.96. The van der Waals surface area contributed by atoms with Crippen molar-refractivity contribution >= 4 is 27.9 Å². The minimum absolute atomic E-state index is 0.181. The third kappa shape index (κ3) is 2.25. The molecule has 0 unspecified atom stereocenters. The van der Waals surface area contributed by atoms with E-state index in [0.29, 0.717) is 10.0 Å². The maximum atomic E-state index is 13.3. The van der Waals surface area contributed by atoms with Crippen LogP contribution in [-0.2, 0) is 11.3 Å². The predicted octanol–water partition coefficient (Wildman–Crippen LogP) is 2.42. The third-order valence-corrected chi connectivity index (χ3v) is 3.42. The van der Waals surface area contributed by atoms with Crippen molar-refractivity contribution < 1.29 is 14.0 Å². The number of nitrogens with zero attached hydrogens (tertiary/aromatic N) is 1. The number of imide groups is 1. The second-order valence-corrected chi connectivity index (χ2v) is 5.60. The van der Waals surface area contributed by atoms with Gasteiger partial charge in [-0.15, -0.1) is 0 Å². The first-order valence-electron chi connectivity index (χ1n) is 5.39. The Labute approximate surface area is 112 Å². The maximum Gasteiger partial charge on any atom is 0.325 e. The van der Waals surface area contributed by atoms with Crippen molar-refractivity contribution in [2.75, 3.05) is 0 Å². The summed E-state index contributed by atoms with van der Waals surface area (Å²) in [5.74, 6) is -0.730. The number of hydrogen-bond donors (Lipinski definition) is 1. The van der Waals surface area contributed by atoms with E-state index in [-0.39, 0.29) is 18.3 Å². The summed E-state index contributed by atoms with van der Waals surface area (Å²) in [5, 5.41) is 2.25. The molecule has 18 heavy (non-hydrogen) atoms. The van der Waals surface area contributed by atoms with Crippen LogP contribution in [0.4, 0.5) is 9.18 Å². The van der Waals surface area contributed by atoms with Crippen LogP contribution in [0.5, 0.6) is 0 Å². The maximum absolute atomic E-state index is 13.3. The van der Waals surface area contributed by atoms with Crippen LogP contribution in [0.3, 0.4) is 0 Å². The lowest BCUT2D eigenvalue weighted by molar-refractivity contribution is -0.125. The minimum atomic E-state index is -0.921. The first-order chi connectivity index (χ1) is 8.30.